The van der Waals surface area contributed by atoms with Crippen molar-refractivity contribution < 1.29 is 0 Å². The molecule has 124 valence electrons. The van der Waals surface area contributed by atoms with Gasteiger partial charge in [-0.05, 0) is 48.2 Å². The summed E-state index contributed by atoms with van der Waals surface area (Å²) in [5.74, 6) is 0. The Kier molecular flexibility index (Phi) is 7.15. The number of nitrogens with zero attached hydrogens (tertiary/aromatic N) is 2. The number of rotatable bonds is 8. The van der Waals surface area contributed by atoms with Crippen LogP contribution in [0.1, 0.15) is 25.0 Å². The predicted octanol–water partition coefficient (Wildman–Crippen LogP) is 4.91. The van der Waals surface area contributed by atoms with Gasteiger partial charge in [0.05, 0.1) is 0 Å². The summed E-state index contributed by atoms with van der Waals surface area (Å²) in [6.45, 7) is 8.53. The van der Waals surface area contributed by atoms with Crippen molar-refractivity contribution in [2.24, 2.45) is 0 Å². The van der Waals surface area contributed by atoms with Gasteiger partial charge in [0.15, 0.2) is 0 Å². The molecule has 0 N–H and O–H groups in total. The molecule has 0 aliphatic heterocycles. The zero-order valence-corrected chi connectivity index (χ0v) is 15.6. The lowest BCUT2D eigenvalue weighted by Crippen LogP contribution is -2.16. The normalized spacial score (nSPS) is 11.4. The minimum absolute atomic E-state index is 0.999. The van der Waals surface area contributed by atoms with Crippen LogP contribution in [0.3, 0.4) is 0 Å². The SMILES string of the molecule is CCN(C)Cc1cccc(-c2ccc(CN(CC)SC)cc2)c1. The van der Waals surface area contributed by atoms with Crippen molar-refractivity contribution in [3.05, 3.63) is 59.7 Å². The minimum atomic E-state index is 0.999. The first-order chi connectivity index (χ1) is 11.2. The third-order valence-corrected chi connectivity index (χ3v) is 5.08. The molecule has 23 heavy (non-hydrogen) atoms. The van der Waals surface area contributed by atoms with Gasteiger partial charge in [0, 0.05) is 19.6 Å². The average molecular weight is 329 g/mol. The molecule has 0 aliphatic carbocycles. The van der Waals surface area contributed by atoms with Crippen LogP contribution in [0.2, 0.25) is 0 Å². The van der Waals surface area contributed by atoms with Gasteiger partial charge >= 0.3 is 0 Å². The molecule has 2 aromatic carbocycles. The second-order valence-corrected chi connectivity index (χ2v) is 6.75. The first-order valence-corrected chi connectivity index (χ1v) is 9.50. The molecule has 0 bridgehead atoms. The molecule has 0 fully saturated rings. The van der Waals surface area contributed by atoms with Crippen LogP contribution in [0.15, 0.2) is 48.5 Å². The molecule has 0 heterocycles. The van der Waals surface area contributed by atoms with E-state index < -0.39 is 0 Å². The molecule has 0 saturated carbocycles. The highest BCUT2D eigenvalue weighted by atomic mass is 32.2. The van der Waals surface area contributed by atoms with Gasteiger partial charge in [-0.2, -0.15) is 0 Å². The number of hydrogen-bond donors (Lipinski definition) is 0. The minimum Gasteiger partial charge on any atom is -0.302 e. The Morgan fingerprint density at radius 1 is 0.826 bits per heavy atom. The van der Waals surface area contributed by atoms with Crippen LogP contribution in [-0.2, 0) is 13.1 Å². The highest BCUT2D eigenvalue weighted by Crippen LogP contribution is 2.22. The van der Waals surface area contributed by atoms with E-state index in [4.69, 9.17) is 0 Å². The summed E-state index contributed by atoms with van der Waals surface area (Å²) < 4.78 is 2.36. The summed E-state index contributed by atoms with van der Waals surface area (Å²) in [5, 5.41) is 0. The van der Waals surface area contributed by atoms with Gasteiger partial charge in [0.25, 0.3) is 0 Å². The van der Waals surface area contributed by atoms with Crippen LogP contribution in [-0.4, -0.2) is 35.6 Å². The predicted molar refractivity (Wildman–Crippen MR) is 103 cm³/mol. The molecule has 0 radical (unpaired) electrons. The average Bonchev–Trinajstić information content (AvgIpc) is 2.60. The summed E-state index contributed by atoms with van der Waals surface area (Å²) in [6, 6.07) is 17.9. The van der Waals surface area contributed by atoms with Crippen molar-refractivity contribution >= 4 is 11.9 Å². The summed E-state index contributed by atoms with van der Waals surface area (Å²) in [6.07, 6.45) is 2.14. The van der Waals surface area contributed by atoms with Crippen LogP contribution in [0, 0.1) is 0 Å². The van der Waals surface area contributed by atoms with Crippen LogP contribution in [0.25, 0.3) is 11.1 Å². The third kappa shape index (κ3) is 5.38. The highest BCUT2D eigenvalue weighted by Gasteiger charge is 2.04. The quantitative estimate of drug-likeness (QED) is 0.636. The Morgan fingerprint density at radius 3 is 2.17 bits per heavy atom. The summed E-state index contributed by atoms with van der Waals surface area (Å²) in [5.41, 5.74) is 5.33. The first-order valence-electron chi connectivity index (χ1n) is 8.32. The zero-order chi connectivity index (χ0) is 16.7. The van der Waals surface area contributed by atoms with Gasteiger partial charge in [-0.1, -0.05) is 68.3 Å². The molecule has 0 unspecified atom stereocenters. The van der Waals surface area contributed by atoms with Crippen molar-refractivity contribution in [2.45, 2.75) is 26.9 Å². The van der Waals surface area contributed by atoms with Crippen molar-refractivity contribution in [1.29, 1.82) is 0 Å². The Bertz CT molecular complexity index is 591. The molecule has 0 aliphatic rings. The van der Waals surface area contributed by atoms with Gasteiger partial charge in [-0.3, -0.25) is 0 Å². The maximum absolute atomic E-state index is 2.36. The van der Waals surface area contributed by atoms with Crippen molar-refractivity contribution in [1.82, 2.24) is 9.21 Å². The maximum atomic E-state index is 2.36. The highest BCUT2D eigenvalue weighted by molar-refractivity contribution is 7.96. The Hall–Kier alpha value is -1.29. The molecule has 0 amide bonds. The first kappa shape index (κ1) is 18.1. The van der Waals surface area contributed by atoms with E-state index in [2.05, 4.69) is 84.9 Å². The third-order valence-electron chi connectivity index (χ3n) is 4.18. The second-order valence-electron chi connectivity index (χ2n) is 5.87. The van der Waals surface area contributed by atoms with Crippen molar-refractivity contribution in [2.75, 3.05) is 26.4 Å². The van der Waals surface area contributed by atoms with Crippen LogP contribution < -0.4 is 0 Å². The lowest BCUT2D eigenvalue weighted by atomic mass is 10.0. The van der Waals surface area contributed by atoms with Crippen molar-refractivity contribution in [3.63, 3.8) is 0 Å². The van der Waals surface area contributed by atoms with Gasteiger partial charge in [-0.15, -0.1) is 0 Å². The molecule has 0 aromatic heterocycles. The lowest BCUT2D eigenvalue weighted by Gasteiger charge is -2.17. The monoisotopic (exact) mass is 328 g/mol. The van der Waals surface area contributed by atoms with Crippen molar-refractivity contribution in [3.8, 4) is 11.1 Å². The smallest absolute Gasteiger partial charge is 0.0340 e. The lowest BCUT2D eigenvalue weighted by molar-refractivity contribution is 0.346. The topological polar surface area (TPSA) is 6.48 Å². The Labute approximate surface area is 145 Å². The summed E-state index contributed by atoms with van der Waals surface area (Å²) in [4.78, 5) is 2.32. The largest absolute Gasteiger partial charge is 0.302 e. The van der Waals surface area contributed by atoms with E-state index in [-0.39, 0.29) is 0 Å². The van der Waals surface area contributed by atoms with Gasteiger partial charge in [0.1, 0.15) is 0 Å². The molecule has 0 saturated heterocycles. The van der Waals surface area contributed by atoms with Crippen LogP contribution in [0.5, 0.6) is 0 Å². The fraction of sp³-hybridized carbons (Fsp3) is 0.400. The van der Waals surface area contributed by atoms with E-state index in [0.717, 1.165) is 26.2 Å². The maximum Gasteiger partial charge on any atom is 0.0340 e. The Balaban J connectivity index is 2.11. The van der Waals surface area contributed by atoms with Crippen LogP contribution in [0.4, 0.5) is 0 Å². The van der Waals surface area contributed by atoms with E-state index in [9.17, 15) is 0 Å². The van der Waals surface area contributed by atoms with Gasteiger partial charge in [0.2, 0.25) is 0 Å². The van der Waals surface area contributed by atoms with E-state index >= 15 is 0 Å². The fourth-order valence-electron chi connectivity index (χ4n) is 2.58. The fourth-order valence-corrected chi connectivity index (χ4v) is 3.12. The van der Waals surface area contributed by atoms with Gasteiger partial charge < -0.3 is 4.90 Å². The summed E-state index contributed by atoms with van der Waals surface area (Å²) in [7, 11) is 2.16. The van der Waals surface area contributed by atoms with Crippen LogP contribution >= 0.6 is 11.9 Å². The van der Waals surface area contributed by atoms with E-state index in [0.29, 0.717) is 0 Å². The number of hydrogen-bond acceptors (Lipinski definition) is 3. The molecule has 2 nitrogen and oxygen atoms in total. The van der Waals surface area contributed by atoms with E-state index in [1.807, 2.05) is 0 Å². The van der Waals surface area contributed by atoms with E-state index in [1.54, 1.807) is 11.9 Å². The standard InChI is InChI=1S/C20H28N2S/c1-5-21(3)15-18-8-7-9-20(14-18)19-12-10-17(11-13-19)16-22(6-2)23-4/h7-14H,5-6,15-16H2,1-4H3. The molecule has 0 spiro atoms. The summed E-state index contributed by atoms with van der Waals surface area (Å²) >= 11 is 1.80. The Morgan fingerprint density at radius 2 is 1.57 bits per heavy atom. The molecular weight excluding hydrogens is 300 g/mol. The second kappa shape index (κ2) is 9.11. The van der Waals surface area contributed by atoms with Gasteiger partial charge in [-0.25, -0.2) is 4.31 Å². The molecule has 2 rings (SSSR count). The molecule has 2 aromatic rings. The van der Waals surface area contributed by atoms with E-state index in [1.165, 1.54) is 22.3 Å². The molecule has 0 atom stereocenters. The zero-order valence-electron chi connectivity index (χ0n) is 14.7. The number of benzene rings is 2. The molecular formula is C20H28N2S. The molecule has 3 heteroatoms.